The highest BCUT2D eigenvalue weighted by molar-refractivity contribution is 7.93. The number of aryl methyl sites for hydroxylation is 1. The predicted octanol–water partition coefficient (Wildman–Crippen LogP) is 5.19. The van der Waals surface area contributed by atoms with Crippen LogP contribution >= 0.6 is 0 Å². The standard InChI is InChI=1S/C25H23N5O2S/c1-26-21-10-3-4-11-23(21)33(31,32)28-22-12-13-27-25-24(22)20(17-29(25)2)18-8-7-9-19(16-18)30-14-5-6-15-30/h3-4,7-13,16-17H,5-6,14-15H2,2H3,(H,27,28). The zero-order valence-electron chi connectivity index (χ0n) is 18.2. The summed E-state index contributed by atoms with van der Waals surface area (Å²) in [5, 5.41) is 0.724. The van der Waals surface area contributed by atoms with E-state index in [4.69, 9.17) is 6.57 Å². The summed E-state index contributed by atoms with van der Waals surface area (Å²) in [6, 6.07) is 16.2. The third-order valence-electron chi connectivity index (χ3n) is 6.01. The lowest BCUT2D eigenvalue weighted by atomic mass is 10.0. The number of nitrogens with zero attached hydrogens (tertiary/aromatic N) is 4. The number of rotatable bonds is 5. The Hall–Kier alpha value is -3.83. The van der Waals surface area contributed by atoms with Crippen LogP contribution in [0.1, 0.15) is 12.8 Å². The van der Waals surface area contributed by atoms with Crippen molar-refractivity contribution in [1.82, 2.24) is 9.55 Å². The maximum atomic E-state index is 13.2. The van der Waals surface area contributed by atoms with Crippen molar-refractivity contribution in [3.8, 4) is 11.1 Å². The van der Waals surface area contributed by atoms with E-state index in [1.807, 2.05) is 29.9 Å². The fourth-order valence-corrected chi connectivity index (χ4v) is 5.65. The van der Waals surface area contributed by atoms with E-state index in [1.165, 1.54) is 30.7 Å². The molecule has 1 saturated heterocycles. The molecular formula is C25H23N5O2S. The zero-order chi connectivity index (χ0) is 23.0. The maximum Gasteiger partial charge on any atom is 0.252 e. The number of pyridine rings is 1. The summed E-state index contributed by atoms with van der Waals surface area (Å²) in [5.41, 5.74) is 4.26. The lowest BCUT2D eigenvalue weighted by Crippen LogP contribution is -2.17. The molecule has 0 radical (unpaired) electrons. The van der Waals surface area contributed by atoms with Crippen LogP contribution in [-0.2, 0) is 17.1 Å². The fourth-order valence-electron chi connectivity index (χ4n) is 4.43. The number of hydrogen-bond donors (Lipinski definition) is 1. The summed E-state index contributed by atoms with van der Waals surface area (Å²) >= 11 is 0. The van der Waals surface area contributed by atoms with Crippen LogP contribution in [0.5, 0.6) is 0 Å². The zero-order valence-corrected chi connectivity index (χ0v) is 19.0. The number of nitrogens with one attached hydrogen (secondary N) is 1. The van der Waals surface area contributed by atoms with Gasteiger partial charge < -0.3 is 9.47 Å². The average molecular weight is 458 g/mol. The Morgan fingerprint density at radius 1 is 1.06 bits per heavy atom. The Balaban J connectivity index is 1.63. The van der Waals surface area contributed by atoms with E-state index in [1.54, 1.807) is 24.4 Å². The van der Waals surface area contributed by atoms with E-state index < -0.39 is 10.0 Å². The number of anilines is 2. The minimum absolute atomic E-state index is 0.0431. The van der Waals surface area contributed by atoms with Crippen LogP contribution in [0.25, 0.3) is 27.0 Å². The summed E-state index contributed by atoms with van der Waals surface area (Å²) in [5.74, 6) is 0. The molecule has 1 aliphatic rings. The number of aromatic nitrogens is 2. The van der Waals surface area contributed by atoms with Gasteiger partial charge in [-0.15, -0.1) is 0 Å². The van der Waals surface area contributed by atoms with Crippen molar-refractivity contribution in [1.29, 1.82) is 0 Å². The van der Waals surface area contributed by atoms with Gasteiger partial charge in [0.05, 0.1) is 22.5 Å². The van der Waals surface area contributed by atoms with E-state index in [9.17, 15) is 8.42 Å². The molecule has 0 saturated carbocycles. The van der Waals surface area contributed by atoms with Crippen LogP contribution in [-0.4, -0.2) is 31.1 Å². The number of para-hydroxylation sites is 1. The van der Waals surface area contributed by atoms with Gasteiger partial charge in [0, 0.05) is 43.8 Å². The second-order valence-corrected chi connectivity index (χ2v) is 9.79. The predicted molar refractivity (Wildman–Crippen MR) is 131 cm³/mol. The van der Waals surface area contributed by atoms with Crippen LogP contribution in [0.4, 0.5) is 17.1 Å². The second-order valence-electron chi connectivity index (χ2n) is 8.14. The largest absolute Gasteiger partial charge is 0.372 e. The minimum atomic E-state index is -3.97. The SMILES string of the molecule is [C-]#[N+]c1ccccc1S(=O)(=O)Nc1ccnc2c1c(-c1cccc(N3CCCC3)c1)cn2C. The molecule has 33 heavy (non-hydrogen) atoms. The molecular weight excluding hydrogens is 434 g/mol. The highest BCUT2D eigenvalue weighted by atomic mass is 32.2. The molecule has 1 N–H and O–H groups in total. The van der Waals surface area contributed by atoms with Gasteiger partial charge in [0.1, 0.15) is 5.65 Å². The van der Waals surface area contributed by atoms with Gasteiger partial charge in [-0.05, 0) is 36.6 Å². The van der Waals surface area contributed by atoms with Gasteiger partial charge in [0.2, 0.25) is 5.69 Å². The Labute approximate surface area is 193 Å². The van der Waals surface area contributed by atoms with E-state index in [2.05, 4.69) is 31.6 Å². The van der Waals surface area contributed by atoms with Crippen molar-refractivity contribution in [2.24, 2.45) is 7.05 Å². The third kappa shape index (κ3) is 3.81. The number of hydrogen-bond acceptors (Lipinski definition) is 4. The minimum Gasteiger partial charge on any atom is -0.372 e. The van der Waals surface area contributed by atoms with Crippen molar-refractivity contribution in [2.75, 3.05) is 22.7 Å². The summed E-state index contributed by atoms with van der Waals surface area (Å²) in [7, 11) is -2.07. The second kappa shape index (κ2) is 8.26. The quantitative estimate of drug-likeness (QED) is 0.419. The van der Waals surface area contributed by atoms with Crippen molar-refractivity contribution in [3.05, 3.63) is 78.4 Å². The topological polar surface area (TPSA) is 71.6 Å². The molecule has 3 heterocycles. The van der Waals surface area contributed by atoms with Crippen LogP contribution in [0, 0.1) is 6.57 Å². The molecule has 2 aromatic carbocycles. The van der Waals surface area contributed by atoms with E-state index in [0.29, 0.717) is 11.3 Å². The molecule has 2 aromatic heterocycles. The fraction of sp³-hybridized carbons (Fsp3) is 0.200. The van der Waals surface area contributed by atoms with Crippen LogP contribution in [0.3, 0.4) is 0 Å². The number of sulfonamides is 1. The van der Waals surface area contributed by atoms with Crippen LogP contribution in [0.2, 0.25) is 0 Å². The van der Waals surface area contributed by atoms with Gasteiger partial charge in [-0.25, -0.2) is 18.2 Å². The van der Waals surface area contributed by atoms with Gasteiger partial charge in [0.25, 0.3) is 10.0 Å². The summed E-state index contributed by atoms with van der Waals surface area (Å²) < 4.78 is 31.1. The highest BCUT2D eigenvalue weighted by Gasteiger charge is 2.22. The molecule has 0 spiro atoms. The maximum absolute atomic E-state index is 13.2. The van der Waals surface area contributed by atoms with Crippen molar-refractivity contribution >= 4 is 38.1 Å². The summed E-state index contributed by atoms with van der Waals surface area (Å²) in [6.45, 7) is 9.43. The van der Waals surface area contributed by atoms with Crippen molar-refractivity contribution in [2.45, 2.75) is 17.7 Å². The molecule has 5 rings (SSSR count). The van der Waals surface area contributed by atoms with Gasteiger partial charge in [-0.3, -0.25) is 4.72 Å². The molecule has 0 amide bonds. The van der Waals surface area contributed by atoms with E-state index in [0.717, 1.165) is 29.6 Å². The van der Waals surface area contributed by atoms with Crippen molar-refractivity contribution < 1.29 is 8.42 Å². The summed E-state index contributed by atoms with van der Waals surface area (Å²) in [4.78, 5) is 10.2. The molecule has 1 fully saturated rings. The van der Waals surface area contributed by atoms with E-state index in [-0.39, 0.29) is 10.6 Å². The Bertz CT molecular complexity index is 1500. The molecule has 1 aliphatic heterocycles. The molecule has 0 aliphatic carbocycles. The number of benzene rings is 2. The highest BCUT2D eigenvalue weighted by Crippen LogP contribution is 2.37. The first-order chi connectivity index (χ1) is 16.0. The van der Waals surface area contributed by atoms with Crippen LogP contribution in [0.15, 0.2) is 71.9 Å². The van der Waals surface area contributed by atoms with E-state index >= 15 is 0 Å². The molecule has 166 valence electrons. The average Bonchev–Trinajstić information content (AvgIpc) is 3.48. The molecule has 8 heteroatoms. The lowest BCUT2D eigenvalue weighted by molar-refractivity contribution is 0.601. The first-order valence-corrected chi connectivity index (χ1v) is 12.2. The van der Waals surface area contributed by atoms with Gasteiger partial charge in [0.15, 0.2) is 0 Å². The third-order valence-corrected chi connectivity index (χ3v) is 7.42. The Kier molecular flexibility index (Phi) is 5.27. The Morgan fingerprint density at radius 3 is 2.64 bits per heavy atom. The van der Waals surface area contributed by atoms with Gasteiger partial charge >= 0.3 is 0 Å². The summed E-state index contributed by atoms with van der Waals surface area (Å²) in [6.07, 6.45) is 5.96. The molecule has 0 unspecified atom stereocenters. The lowest BCUT2D eigenvalue weighted by Gasteiger charge is -2.18. The normalized spacial score (nSPS) is 13.9. The van der Waals surface area contributed by atoms with Crippen LogP contribution < -0.4 is 9.62 Å². The molecule has 0 bridgehead atoms. The van der Waals surface area contributed by atoms with Gasteiger partial charge in [-0.2, -0.15) is 0 Å². The first-order valence-electron chi connectivity index (χ1n) is 10.8. The Morgan fingerprint density at radius 2 is 1.85 bits per heavy atom. The van der Waals surface area contributed by atoms with Gasteiger partial charge in [-0.1, -0.05) is 36.4 Å². The molecule has 0 atom stereocenters. The first kappa shape index (κ1) is 21.0. The smallest absolute Gasteiger partial charge is 0.252 e. The number of fused-ring (bicyclic) bond motifs is 1. The van der Waals surface area contributed by atoms with Crippen molar-refractivity contribution in [3.63, 3.8) is 0 Å². The molecule has 7 nitrogen and oxygen atoms in total. The molecule has 4 aromatic rings. The monoisotopic (exact) mass is 457 g/mol.